The van der Waals surface area contributed by atoms with Gasteiger partial charge in [0.05, 0.1) is 0 Å². The highest BCUT2D eigenvalue weighted by molar-refractivity contribution is 4.90. The fraction of sp³-hybridized carbons (Fsp3) is 0.667. The zero-order valence-electron chi connectivity index (χ0n) is 6.38. The summed E-state index contributed by atoms with van der Waals surface area (Å²) in [5, 5.41) is 6.75. The van der Waals surface area contributed by atoms with Gasteiger partial charge in [0, 0.05) is 12.8 Å². The highest BCUT2D eigenvalue weighted by atomic mass is 15.2. The number of rotatable bonds is 4. The van der Waals surface area contributed by atoms with Crippen LogP contribution in [0.4, 0.5) is 0 Å². The molecule has 0 spiro atoms. The van der Waals surface area contributed by atoms with Crippen molar-refractivity contribution in [1.82, 2.24) is 15.2 Å². The molecule has 0 aromatic carbocycles. The minimum Gasteiger partial charge on any atom is -0.330 e. The van der Waals surface area contributed by atoms with Crippen molar-refractivity contribution >= 4 is 0 Å². The van der Waals surface area contributed by atoms with E-state index in [0.29, 0.717) is 13.1 Å². The molecule has 0 amide bonds. The maximum atomic E-state index is 5.33. The minimum atomic E-state index is 0.583. The topological polar surface area (TPSA) is 93.6 Å². The Kier molecular flexibility index (Phi) is 3.00. The van der Waals surface area contributed by atoms with E-state index in [1.54, 1.807) is 0 Å². The molecule has 0 radical (unpaired) electrons. The van der Waals surface area contributed by atoms with Gasteiger partial charge < -0.3 is 11.5 Å². The van der Waals surface area contributed by atoms with E-state index in [2.05, 4.69) is 15.2 Å². The summed E-state index contributed by atoms with van der Waals surface area (Å²) in [6, 6.07) is 0. The van der Waals surface area contributed by atoms with Crippen LogP contribution in [0.3, 0.4) is 0 Å². The number of hydrogen-bond acceptors (Lipinski definition) is 4. The van der Waals surface area contributed by atoms with Crippen molar-refractivity contribution < 1.29 is 0 Å². The van der Waals surface area contributed by atoms with Crippen LogP contribution in [0.5, 0.6) is 0 Å². The molecular weight excluding hydrogens is 142 g/mol. The van der Waals surface area contributed by atoms with Crippen molar-refractivity contribution in [2.24, 2.45) is 11.5 Å². The van der Waals surface area contributed by atoms with Crippen LogP contribution in [-0.2, 0) is 12.8 Å². The van der Waals surface area contributed by atoms with Gasteiger partial charge >= 0.3 is 0 Å². The third-order valence-corrected chi connectivity index (χ3v) is 1.33. The normalized spacial score (nSPS) is 10.4. The molecule has 5 nitrogen and oxygen atoms in total. The predicted octanol–water partition coefficient (Wildman–Crippen LogP) is -1.19. The van der Waals surface area contributed by atoms with Gasteiger partial charge in [-0.2, -0.15) is 5.10 Å². The monoisotopic (exact) mass is 155 g/mol. The van der Waals surface area contributed by atoms with Crippen molar-refractivity contribution in [3.05, 3.63) is 11.6 Å². The molecule has 1 heterocycles. The van der Waals surface area contributed by atoms with Crippen LogP contribution in [-0.4, -0.2) is 28.3 Å². The predicted molar refractivity (Wildman–Crippen MR) is 41.9 cm³/mol. The van der Waals surface area contributed by atoms with Gasteiger partial charge in [0.2, 0.25) is 0 Å². The van der Waals surface area contributed by atoms with Crippen molar-refractivity contribution in [3.63, 3.8) is 0 Å². The summed E-state index contributed by atoms with van der Waals surface area (Å²) < 4.78 is 0. The van der Waals surface area contributed by atoms with Gasteiger partial charge in [-0.15, -0.1) is 0 Å². The summed E-state index contributed by atoms with van der Waals surface area (Å²) in [7, 11) is 0. The zero-order valence-corrected chi connectivity index (χ0v) is 6.38. The molecule has 0 aliphatic rings. The largest absolute Gasteiger partial charge is 0.330 e. The van der Waals surface area contributed by atoms with Crippen molar-refractivity contribution in [2.75, 3.05) is 13.1 Å². The van der Waals surface area contributed by atoms with Crippen LogP contribution in [0.25, 0.3) is 0 Å². The van der Waals surface area contributed by atoms with Gasteiger partial charge in [0.25, 0.3) is 0 Å². The lowest BCUT2D eigenvalue weighted by molar-refractivity contribution is 0.873. The molecule has 5 heteroatoms. The third-order valence-electron chi connectivity index (χ3n) is 1.33. The molecule has 0 fully saturated rings. The molecule has 0 saturated carbocycles. The van der Waals surface area contributed by atoms with Gasteiger partial charge in [-0.05, 0) is 13.1 Å². The second kappa shape index (κ2) is 4.05. The molecule has 5 N–H and O–H groups in total. The second-order valence-corrected chi connectivity index (χ2v) is 2.28. The summed E-state index contributed by atoms with van der Waals surface area (Å²) in [6.45, 7) is 1.18. The summed E-state index contributed by atoms with van der Waals surface area (Å²) in [6.07, 6.45) is 1.47. The van der Waals surface area contributed by atoms with E-state index in [-0.39, 0.29) is 0 Å². The molecule has 11 heavy (non-hydrogen) atoms. The minimum absolute atomic E-state index is 0.583. The number of nitrogens with one attached hydrogen (secondary N) is 1. The lowest BCUT2D eigenvalue weighted by Crippen LogP contribution is -2.05. The second-order valence-electron chi connectivity index (χ2n) is 2.28. The zero-order chi connectivity index (χ0) is 8.10. The van der Waals surface area contributed by atoms with Gasteiger partial charge in [-0.1, -0.05) is 0 Å². The molecule has 0 aliphatic heterocycles. The Morgan fingerprint density at radius 3 is 2.55 bits per heavy atom. The van der Waals surface area contributed by atoms with Gasteiger partial charge in [-0.25, -0.2) is 4.98 Å². The number of hydrogen-bond donors (Lipinski definition) is 3. The average Bonchev–Trinajstić information content (AvgIpc) is 2.38. The molecule has 0 bridgehead atoms. The molecular formula is C6H13N5. The fourth-order valence-corrected chi connectivity index (χ4v) is 0.824. The van der Waals surface area contributed by atoms with Crippen LogP contribution < -0.4 is 11.5 Å². The van der Waals surface area contributed by atoms with Crippen molar-refractivity contribution in [3.8, 4) is 0 Å². The van der Waals surface area contributed by atoms with Gasteiger partial charge in [0.15, 0.2) is 5.82 Å². The molecule has 1 aromatic heterocycles. The average molecular weight is 155 g/mol. The van der Waals surface area contributed by atoms with Crippen molar-refractivity contribution in [2.45, 2.75) is 12.8 Å². The maximum absolute atomic E-state index is 5.33. The summed E-state index contributed by atoms with van der Waals surface area (Å²) in [5.74, 6) is 1.62. The molecule has 0 unspecified atom stereocenters. The van der Waals surface area contributed by atoms with E-state index in [9.17, 15) is 0 Å². The first-order valence-electron chi connectivity index (χ1n) is 3.67. The molecule has 62 valence electrons. The van der Waals surface area contributed by atoms with Crippen LogP contribution >= 0.6 is 0 Å². The lowest BCUT2D eigenvalue weighted by atomic mass is 10.4. The van der Waals surface area contributed by atoms with Crippen LogP contribution in [0.1, 0.15) is 11.6 Å². The fourth-order valence-electron chi connectivity index (χ4n) is 0.824. The lowest BCUT2D eigenvalue weighted by Gasteiger charge is -1.87. The smallest absolute Gasteiger partial charge is 0.151 e. The van der Waals surface area contributed by atoms with Crippen molar-refractivity contribution in [1.29, 1.82) is 0 Å². The van der Waals surface area contributed by atoms with Crippen LogP contribution in [0.2, 0.25) is 0 Å². The quantitative estimate of drug-likeness (QED) is 0.509. The van der Waals surface area contributed by atoms with E-state index < -0.39 is 0 Å². The first kappa shape index (κ1) is 8.16. The number of aromatic amines is 1. The number of H-pyrrole nitrogens is 1. The molecule has 1 aromatic rings. The SMILES string of the molecule is NCCc1n[nH]c(CCN)n1. The highest BCUT2D eigenvalue weighted by Gasteiger charge is 1.99. The highest BCUT2D eigenvalue weighted by Crippen LogP contribution is 1.92. The Balaban J connectivity index is 2.51. The van der Waals surface area contributed by atoms with E-state index in [0.717, 1.165) is 24.5 Å². The van der Waals surface area contributed by atoms with Crippen LogP contribution in [0.15, 0.2) is 0 Å². The van der Waals surface area contributed by atoms with E-state index in [1.165, 1.54) is 0 Å². The van der Waals surface area contributed by atoms with Crippen LogP contribution in [0, 0.1) is 0 Å². The van der Waals surface area contributed by atoms with E-state index in [4.69, 9.17) is 11.5 Å². The maximum Gasteiger partial charge on any atom is 0.151 e. The molecule has 0 atom stereocenters. The van der Waals surface area contributed by atoms with E-state index in [1.807, 2.05) is 0 Å². The Morgan fingerprint density at radius 1 is 1.18 bits per heavy atom. The summed E-state index contributed by atoms with van der Waals surface area (Å²) >= 11 is 0. The van der Waals surface area contributed by atoms with Gasteiger partial charge in [0.1, 0.15) is 5.82 Å². The Bertz CT molecular complexity index is 186. The Labute approximate surface area is 65.2 Å². The number of nitrogens with zero attached hydrogens (tertiary/aromatic N) is 2. The third kappa shape index (κ3) is 2.28. The Hall–Kier alpha value is -0.940. The standard InChI is InChI=1S/C6H13N5/c7-3-1-5-9-6(2-4-8)11-10-5/h1-4,7-8H2,(H,9,10,11). The van der Waals surface area contributed by atoms with Gasteiger partial charge in [-0.3, -0.25) is 5.10 Å². The first-order valence-corrected chi connectivity index (χ1v) is 3.67. The molecule has 0 aliphatic carbocycles. The molecule has 0 saturated heterocycles. The Morgan fingerprint density at radius 2 is 1.91 bits per heavy atom. The number of nitrogens with two attached hydrogens (primary N) is 2. The first-order chi connectivity index (χ1) is 5.36. The summed E-state index contributed by atoms with van der Waals surface area (Å²) in [4.78, 5) is 4.16. The van der Waals surface area contributed by atoms with E-state index >= 15 is 0 Å². The summed E-state index contributed by atoms with van der Waals surface area (Å²) in [5.41, 5.74) is 10.7. The number of aromatic nitrogens is 3. The molecule has 1 rings (SSSR count).